The Morgan fingerprint density at radius 3 is 2.75 bits per heavy atom. The highest BCUT2D eigenvalue weighted by molar-refractivity contribution is 7.89. The maximum absolute atomic E-state index is 12.4. The highest BCUT2D eigenvalue weighted by atomic mass is 32.2. The van der Waals surface area contributed by atoms with Crippen molar-refractivity contribution in [3.05, 3.63) is 23.8 Å². The summed E-state index contributed by atoms with van der Waals surface area (Å²) in [6.07, 6.45) is 0.525. The minimum atomic E-state index is -3.99. The van der Waals surface area contributed by atoms with Crippen molar-refractivity contribution >= 4 is 21.7 Å². The topological polar surface area (TPSA) is 119 Å². The number of carbonyl (C=O) groups is 1. The van der Waals surface area contributed by atoms with Crippen LogP contribution in [-0.4, -0.2) is 38.2 Å². The van der Waals surface area contributed by atoms with Crippen LogP contribution in [0.25, 0.3) is 0 Å². The maximum atomic E-state index is 12.4. The molecule has 7 nitrogen and oxygen atoms in total. The Balaban J connectivity index is 2.43. The van der Waals surface area contributed by atoms with E-state index in [0.29, 0.717) is 13.0 Å². The zero-order valence-electron chi connectivity index (χ0n) is 10.9. The molecule has 1 saturated heterocycles. The zero-order valence-corrected chi connectivity index (χ0v) is 11.7. The summed E-state index contributed by atoms with van der Waals surface area (Å²) >= 11 is 0. The number of sulfonamides is 1. The van der Waals surface area contributed by atoms with E-state index in [9.17, 15) is 13.2 Å². The molecular formula is C12H16N2O5S. The summed E-state index contributed by atoms with van der Waals surface area (Å²) in [6, 6.07) is 3.67. The molecule has 8 heteroatoms. The van der Waals surface area contributed by atoms with Crippen LogP contribution in [0.5, 0.6) is 0 Å². The molecule has 1 aromatic rings. The van der Waals surface area contributed by atoms with Gasteiger partial charge in [-0.1, -0.05) is 0 Å². The number of ether oxygens (including phenoxy) is 1. The van der Waals surface area contributed by atoms with Gasteiger partial charge in [-0.15, -0.1) is 0 Å². The van der Waals surface area contributed by atoms with Crippen LogP contribution in [0, 0.1) is 0 Å². The third-order valence-electron chi connectivity index (χ3n) is 3.13. The fourth-order valence-electron chi connectivity index (χ4n) is 2.06. The van der Waals surface area contributed by atoms with Crippen LogP contribution in [0.2, 0.25) is 0 Å². The molecule has 0 bridgehead atoms. The second-order valence-corrected chi connectivity index (χ2v) is 6.68. The number of carboxylic acid groups (broad SMARTS) is 1. The van der Waals surface area contributed by atoms with Gasteiger partial charge in [0, 0.05) is 12.3 Å². The van der Waals surface area contributed by atoms with Crippen LogP contribution < -0.4 is 10.5 Å². The van der Waals surface area contributed by atoms with E-state index in [2.05, 4.69) is 4.72 Å². The molecule has 2 rings (SSSR count). The average molecular weight is 300 g/mol. The Hall–Kier alpha value is -1.64. The normalized spacial score (nSPS) is 22.9. The molecule has 1 fully saturated rings. The zero-order chi connectivity index (χ0) is 15.0. The SMILES string of the molecule is CC1(NS(=O)(=O)c2cc(N)ccc2C(=O)O)CCOC1. The number of nitrogens with two attached hydrogens (primary N) is 1. The number of rotatable bonds is 4. The van der Waals surface area contributed by atoms with Gasteiger partial charge in [-0.05, 0) is 31.5 Å². The third-order valence-corrected chi connectivity index (χ3v) is 4.80. The minimum absolute atomic E-state index is 0.184. The van der Waals surface area contributed by atoms with E-state index >= 15 is 0 Å². The molecule has 0 aromatic heterocycles. The van der Waals surface area contributed by atoms with Gasteiger partial charge in [-0.2, -0.15) is 0 Å². The summed E-state index contributed by atoms with van der Waals surface area (Å²) in [6.45, 7) is 2.42. The van der Waals surface area contributed by atoms with E-state index in [1.165, 1.54) is 12.1 Å². The summed E-state index contributed by atoms with van der Waals surface area (Å²) in [5.41, 5.74) is 4.69. The average Bonchev–Trinajstić information content (AvgIpc) is 2.74. The molecular weight excluding hydrogens is 284 g/mol. The molecule has 0 saturated carbocycles. The molecule has 1 aliphatic rings. The Bertz CT molecular complexity index is 635. The number of carboxylic acids is 1. The summed E-state index contributed by atoms with van der Waals surface area (Å²) in [7, 11) is -3.99. The van der Waals surface area contributed by atoms with Crippen molar-refractivity contribution in [2.75, 3.05) is 18.9 Å². The number of hydrogen-bond donors (Lipinski definition) is 3. The number of nitrogen functional groups attached to an aromatic ring is 1. The lowest BCUT2D eigenvalue weighted by Gasteiger charge is -2.23. The van der Waals surface area contributed by atoms with Crippen LogP contribution in [0.1, 0.15) is 23.7 Å². The lowest BCUT2D eigenvalue weighted by molar-refractivity contribution is 0.0692. The molecule has 0 aliphatic carbocycles. The van der Waals surface area contributed by atoms with Crippen LogP contribution >= 0.6 is 0 Å². The van der Waals surface area contributed by atoms with E-state index in [4.69, 9.17) is 15.6 Å². The first-order valence-electron chi connectivity index (χ1n) is 5.98. The van der Waals surface area contributed by atoms with E-state index in [1.807, 2.05) is 0 Å². The molecule has 110 valence electrons. The van der Waals surface area contributed by atoms with Gasteiger partial charge in [-0.25, -0.2) is 17.9 Å². The molecule has 1 aliphatic heterocycles. The molecule has 1 aromatic carbocycles. The van der Waals surface area contributed by atoms with Crippen LogP contribution in [-0.2, 0) is 14.8 Å². The molecule has 4 N–H and O–H groups in total. The van der Waals surface area contributed by atoms with Gasteiger partial charge in [0.25, 0.3) is 0 Å². The van der Waals surface area contributed by atoms with E-state index in [0.717, 1.165) is 6.07 Å². The highest BCUT2D eigenvalue weighted by Gasteiger charge is 2.36. The smallest absolute Gasteiger partial charge is 0.337 e. The standard InChI is InChI=1S/C12H16N2O5S/c1-12(4-5-19-7-12)14-20(17,18)10-6-8(13)2-3-9(10)11(15)16/h2-3,6,14H,4-5,7,13H2,1H3,(H,15,16). The van der Waals surface area contributed by atoms with Gasteiger partial charge >= 0.3 is 5.97 Å². The van der Waals surface area contributed by atoms with Gasteiger partial charge in [-0.3, -0.25) is 0 Å². The predicted octanol–water partition coefficient (Wildman–Crippen LogP) is 0.424. The number of benzene rings is 1. The highest BCUT2D eigenvalue weighted by Crippen LogP contribution is 2.24. The van der Waals surface area contributed by atoms with Gasteiger partial charge in [0.15, 0.2) is 0 Å². The third kappa shape index (κ3) is 2.92. The van der Waals surface area contributed by atoms with Crippen molar-refractivity contribution in [3.8, 4) is 0 Å². The van der Waals surface area contributed by atoms with E-state index in [1.54, 1.807) is 6.92 Å². The summed E-state index contributed by atoms with van der Waals surface area (Å²) < 4.78 is 32.4. The van der Waals surface area contributed by atoms with Crippen LogP contribution in [0.3, 0.4) is 0 Å². The molecule has 1 unspecified atom stereocenters. The van der Waals surface area contributed by atoms with Crippen molar-refractivity contribution in [2.24, 2.45) is 0 Å². The largest absolute Gasteiger partial charge is 0.478 e. The fourth-order valence-corrected chi connectivity index (χ4v) is 3.72. The Kier molecular flexibility index (Phi) is 3.72. The molecule has 1 heterocycles. The van der Waals surface area contributed by atoms with Gasteiger partial charge < -0.3 is 15.6 Å². The van der Waals surface area contributed by atoms with E-state index < -0.39 is 21.5 Å². The second-order valence-electron chi connectivity index (χ2n) is 5.03. The first-order chi connectivity index (χ1) is 9.23. The maximum Gasteiger partial charge on any atom is 0.337 e. The first-order valence-corrected chi connectivity index (χ1v) is 7.46. The fraction of sp³-hybridized carbons (Fsp3) is 0.417. The van der Waals surface area contributed by atoms with E-state index in [-0.39, 0.29) is 22.8 Å². The van der Waals surface area contributed by atoms with Crippen LogP contribution in [0.15, 0.2) is 23.1 Å². The Morgan fingerprint density at radius 1 is 1.50 bits per heavy atom. The Morgan fingerprint density at radius 2 is 2.20 bits per heavy atom. The number of nitrogens with one attached hydrogen (secondary N) is 1. The summed E-state index contributed by atoms with van der Waals surface area (Å²) in [5.74, 6) is -1.32. The Labute approximate surface area is 116 Å². The monoisotopic (exact) mass is 300 g/mol. The number of anilines is 1. The summed E-state index contributed by atoms with van der Waals surface area (Å²) in [4.78, 5) is 10.8. The molecule has 1 atom stereocenters. The van der Waals surface area contributed by atoms with Crippen molar-refractivity contribution in [3.63, 3.8) is 0 Å². The molecule has 0 spiro atoms. The first kappa shape index (κ1) is 14.8. The van der Waals surface area contributed by atoms with Crippen molar-refractivity contribution < 1.29 is 23.1 Å². The predicted molar refractivity (Wildman–Crippen MR) is 72.0 cm³/mol. The number of hydrogen-bond acceptors (Lipinski definition) is 5. The lowest BCUT2D eigenvalue weighted by atomic mass is 10.0. The summed E-state index contributed by atoms with van der Waals surface area (Å²) in [5, 5.41) is 9.09. The second kappa shape index (κ2) is 5.04. The number of aromatic carboxylic acids is 1. The molecule has 20 heavy (non-hydrogen) atoms. The van der Waals surface area contributed by atoms with Gasteiger partial charge in [0.2, 0.25) is 10.0 Å². The molecule has 0 radical (unpaired) electrons. The van der Waals surface area contributed by atoms with Gasteiger partial charge in [0.05, 0.1) is 22.6 Å². The van der Waals surface area contributed by atoms with Crippen molar-refractivity contribution in [1.29, 1.82) is 0 Å². The minimum Gasteiger partial charge on any atom is -0.478 e. The quantitative estimate of drug-likeness (QED) is 0.694. The van der Waals surface area contributed by atoms with Crippen molar-refractivity contribution in [1.82, 2.24) is 4.72 Å². The lowest BCUT2D eigenvalue weighted by Crippen LogP contribution is -2.46. The van der Waals surface area contributed by atoms with Crippen molar-refractivity contribution in [2.45, 2.75) is 23.8 Å². The molecule has 0 amide bonds. The van der Waals surface area contributed by atoms with Gasteiger partial charge in [0.1, 0.15) is 0 Å². The van der Waals surface area contributed by atoms with Crippen LogP contribution in [0.4, 0.5) is 5.69 Å².